The molecule has 0 unspecified atom stereocenters. The molecule has 0 aromatic heterocycles. The summed E-state index contributed by atoms with van der Waals surface area (Å²) in [5.74, 6) is 4.85. The van der Waals surface area contributed by atoms with Crippen molar-refractivity contribution in [3.63, 3.8) is 0 Å². The van der Waals surface area contributed by atoms with Crippen molar-refractivity contribution in [3.8, 4) is 0 Å². The summed E-state index contributed by atoms with van der Waals surface area (Å²) in [5.41, 5.74) is 1.36. The fraction of sp³-hybridized carbons (Fsp3) is 0.857. The maximum Gasteiger partial charge on any atom is 0.194 e. The number of hydrogen-bond donors (Lipinski definition) is 3. The molecule has 0 bridgehead atoms. The molecule has 0 heterocycles. The molecule has 0 saturated carbocycles. The maximum absolute atomic E-state index is 11.6. The Hall–Kier alpha value is -0.460. The van der Waals surface area contributed by atoms with Crippen molar-refractivity contribution in [1.29, 1.82) is 0 Å². The van der Waals surface area contributed by atoms with Crippen LogP contribution in [0.15, 0.2) is 0 Å². The smallest absolute Gasteiger partial charge is 0.194 e. The monoisotopic (exact) mass is 209 g/mol. The highest BCUT2D eigenvalue weighted by Gasteiger charge is 1.92. The average Bonchev–Trinajstić information content (AvgIpc) is 2.16. The second-order valence-corrected chi connectivity index (χ2v) is 3.04. The molecule has 0 amide bonds. The van der Waals surface area contributed by atoms with Crippen LogP contribution in [-0.2, 0) is 4.84 Å². The van der Waals surface area contributed by atoms with Crippen LogP contribution in [0.2, 0.25) is 0 Å². The molecule has 0 rings (SSSR count). The summed E-state index contributed by atoms with van der Waals surface area (Å²) >= 11 is 4.54. The highest BCUT2D eigenvalue weighted by atomic mass is 32.1. The first kappa shape index (κ1) is 12.5. The first-order valence-electron chi connectivity index (χ1n) is 4.27. The predicted molar refractivity (Wildman–Crippen MR) is 53.5 cm³/mol. The first-order chi connectivity index (χ1) is 6.31. The van der Waals surface area contributed by atoms with Gasteiger partial charge in [0.1, 0.15) is 0 Å². The van der Waals surface area contributed by atoms with Crippen molar-refractivity contribution in [2.75, 3.05) is 13.2 Å². The molecule has 0 atom stereocenters. The molecular formula is C7H16FN3OS. The van der Waals surface area contributed by atoms with Crippen LogP contribution in [0, 0.1) is 0 Å². The third kappa shape index (κ3) is 9.45. The third-order valence-electron chi connectivity index (χ3n) is 1.56. The van der Waals surface area contributed by atoms with E-state index in [2.05, 4.69) is 22.4 Å². The van der Waals surface area contributed by atoms with Crippen molar-refractivity contribution in [3.05, 3.63) is 0 Å². The highest BCUT2D eigenvalue weighted by molar-refractivity contribution is 7.80. The van der Waals surface area contributed by atoms with Gasteiger partial charge in [-0.1, -0.05) is 12.8 Å². The minimum absolute atomic E-state index is 0.0466. The number of nitrogens with one attached hydrogen (secondary N) is 2. The molecule has 0 aliphatic rings. The van der Waals surface area contributed by atoms with E-state index in [9.17, 15) is 4.48 Å². The Morgan fingerprint density at radius 2 is 2.00 bits per heavy atom. The minimum atomic E-state index is 0.0466. The van der Waals surface area contributed by atoms with Gasteiger partial charge in [0.05, 0.1) is 6.61 Å². The Bertz CT molecular complexity index is 137. The van der Waals surface area contributed by atoms with E-state index < -0.39 is 0 Å². The summed E-state index contributed by atoms with van der Waals surface area (Å²) < 4.78 is 11.6. The molecule has 0 spiro atoms. The van der Waals surface area contributed by atoms with Crippen molar-refractivity contribution < 1.29 is 9.32 Å². The standard InChI is InChI=1S/C7H16FN3OS/c8-11-7(13)10-5-3-1-2-4-6-12-9/h1-6,9H2,(H2,10,11,13). The summed E-state index contributed by atoms with van der Waals surface area (Å²) in [4.78, 5) is 4.41. The molecule has 4 N–H and O–H groups in total. The Kier molecular flexibility index (Phi) is 9.29. The maximum atomic E-state index is 11.6. The van der Waals surface area contributed by atoms with E-state index in [1.807, 2.05) is 0 Å². The first-order valence-corrected chi connectivity index (χ1v) is 4.68. The fourth-order valence-electron chi connectivity index (χ4n) is 0.899. The van der Waals surface area contributed by atoms with E-state index >= 15 is 0 Å². The lowest BCUT2D eigenvalue weighted by atomic mass is 10.2. The van der Waals surface area contributed by atoms with E-state index in [-0.39, 0.29) is 5.11 Å². The quantitative estimate of drug-likeness (QED) is 0.250. The molecule has 0 radical (unpaired) electrons. The summed E-state index contributed by atoms with van der Waals surface area (Å²) in [6.07, 6.45) is 4.05. The number of hydrogen-bond acceptors (Lipinski definition) is 3. The largest absolute Gasteiger partial charge is 0.361 e. The van der Waals surface area contributed by atoms with Crippen LogP contribution in [-0.4, -0.2) is 18.3 Å². The van der Waals surface area contributed by atoms with Gasteiger partial charge in [-0.2, -0.15) is 5.54 Å². The SMILES string of the molecule is NOCCCCCCNC(=S)NF. The van der Waals surface area contributed by atoms with Gasteiger partial charge in [-0.3, -0.25) is 0 Å². The van der Waals surface area contributed by atoms with Crippen molar-refractivity contribution in [1.82, 2.24) is 10.9 Å². The van der Waals surface area contributed by atoms with Crippen molar-refractivity contribution in [2.24, 2.45) is 5.90 Å². The van der Waals surface area contributed by atoms with Gasteiger partial charge < -0.3 is 10.2 Å². The molecule has 6 heteroatoms. The van der Waals surface area contributed by atoms with Crippen LogP contribution < -0.4 is 16.8 Å². The van der Waals surface area contributed by atoms with Gasteiger partial charge in [-0.05, 0) is 25.1 Å². The molecule has 13 heavy (non-hydrogen) atoms. The Labute approximate surface area is 82.9 Å². The predicted octanol–water partition coefficient (Wildman–Crippen LogP) is 0.786. The lowest BCUT2D eigenvalue weighted by molar-refractivity contribution is 0.133. The lowest BCUT2D eigenvalue weighted by Crippen LogP contribution is -2.30. The summed E-state index contributed by atoms with van der Waals surface area (Å²) in [6, 6.07) is 0. The van der Waals surface area contributed by atoms with Gasteiger partial charge in [0.15, 0.2) is 5.11 Å². The molecule has 0 aliphatic heterocycles. The van der Waals surface area contributed by atoms with E-state index in [1.165, 1.54) is 5.54 Å². The molecule has 0 aromatic carbocycles. The van der Waals surface area contributed by atoms with Crippen LogP contribution in [0.4, 0.5) is 4.48 Å². The van der Waals surface area contributed by atoms with Crippen LogP contribution in [0.5, 0.6) is 0 Å². The topological polar surface area (TPSA) is 59.3 Å². The summed E-state index contributed by atoms with van der Waals surface area (Å²) in [5, 5.41) is 2.76. The van der Waals surface area contributed by atoms with Gasteiger partial charge in [0, 0.05) is 6.54 Å². The second-order valence-electron chi connectivity index (χ2n) is 2.64. The van der Waals surface area contributed by atoms with Gasteiger partial charge in [-0.15, -0.1) is 4.48 Å². The number of rotatable bonds is 7. The van der Waals surface area contributed by atoms with E-state index in [0.29, 0.717) is 13.2 Å². The van der Waals surface area contributed by atoms with Gasteiger partial charge >= 0.3 is 0 Å². The Balaban J connectivity index is 2.95. The van der Waals surface area contributed by atoms with Crippen molar-refractivity contribution >= 4 is 17.3 Å². The van der Waals surface area contributed by atoms with Crippen LogP contribution in [0.25, 0.3) is 0 Å². The third-order valence-corrected chi connectivity index (χ3v) is 1.78. The zero-order chi connectivity index (χ0) is 9.94. The average molecular weight is 209 g/mol. The number of unbranched alkanes of at least 4 members (excludes halogenated alkanes) is 3. The molecule has 4 nitrogen and oxygen atoms in total. The summed E-state index contributed by atoms with van der Waals surface area (Å²) in [6.45, 7) is 1.29. The van der Waals surface area contributed by atoms with Gasteiger partial charge in [0.25, 0.3) is 0 Å². The highest BCUT2D eigenvalue weighted by Crippen LogP contribution is 1.98. The zero-order valence-corrected chi connectivity index (χ0v) is 8.33. The fourth-order valence-corrected chi connectivity index (χ4v) is 1.00. The number of thiocarbonyl (C=S) groups is 1. The van der Waals surface area contributed by atoms with Gasteiger partial charge in [-0.25, -0.2) is 5.90 Å². The molecule has 0 aliphatic carbocycles. The van der Waals surface area contributed by atoms with Crippen LogP contribution in [0.1, 0.15) is 25.7 Å². The summed E-state index contributed by atoms with van der Waals surface area (Å²) in [7, 11) is 0. The molecule has 0 fully saturated rings. The van der Waals surface area contributed by atoms with E-state index in [4.69, 9.17) is 5.90 Å². The number of halogens is 1. The number of nitrogens with two attached hydrogens (primary N) is 1. The minimum Gasteiger partial charge on any atom is -0.361 e. The molecule has 0 aromatic rings. The molecular weight excluding hydrogens is 193 g/mol. The van der Waals surface area contributed by atoms with E-state index in [0.717, 1.165) is 25.7 Å². The lowest BCUT2D eigenvalue weighted by Gasteiger charge is -2.04. The Morgan fingerprint density at radius 1 is 1.31 bits per heavy atom. The Morgan fingerprint density at radius 3 is 2.62 bits per heavy atom. The normalized spacial score (nSPS) is 9.69. The van der Waals surface area contributed by atoms with Gasteiger partial charge in [0.2, 0.25) is 0 Å². The zero-order valence-electron chi connectivity index (χ0n) is 7.51. The van der Waals surface area contributed by atoms with Crippen molar-refractivity contribution in [2.45, 2.75) is 25.7 Å². The van der Waals surface area contributed by atoms with Crippen LogP contribution in [0.3, 0.4) is 0 Å². The second kappa shape index (κ2) is 9.63. The molecule has 78 valence electrons. The van der Waals surface area contributed by atoms with E-state index in [1.54, 1.807) is 0 Å². The molecule has 0 saturated heterocycles. The van der Waals surface area contributed by atoms with Crippen LogP contribution >= 0.6 is 12.2 Å².